The van der Waals surface area contributed by atoms with Gasteiger partial charge in [0.2, 0.25) is 0 Å². The van der Waals surface area contributed by atoms with E-state index in [1.807, 2.05) is 43.3 Å². The summed E-state index contributed by atoms with van der Waals surface area (Å²) < 4.78 is 7.81. The minimum atomic E-state index is -0.0597. The van der Waals surface area contributed by atoms with Gasteiger partial charge in [-0.15, -0.1) is 0 Å². The molecule has 1 unspecified atom stereocenters. The Balaban J connectivity index is 1.43. The zero-order chi connectivity index (χ0) is 21.1. The predicted octanol–water partition coefficient (Wildman–Crippen LogP) is 5.24. The van der Waals surface area contributed by atoms with Crippen molar-refractivity contribution in [1.29, 1.82) is 0 Å². The Labute approximate surface area is 178 Å². The van der Waals surface area contributed by atoms with Crippen molar-refractivity contribution in [3.05, 3.63) is 82.7 Å². The summed E-state index contributed by atoms with van der Waals surface area (Å²) in [7, 11) is 0. The first-order valence-electron chi connectivity index (χ1n) is 10.9. The number of carbonyl (C=O) groups is 1. The topological polar surface area (TPSA) is 43.3 Å². The number of nitrogens with zero attached hydrogens (tertiary/aromatic N) is 1. The summed E-state index contributed by atoms with van der Waals surface area (Å²) >= 11 is 0. The number of amides is 1. The lowest BCUT2D eigenvalue weighted by molar-refractivity contribution is 0.0951. The first kappa shape index (κ1) is 20.3. The monoisotopic (exact) mass is 402 g/mol. The number of nitrogens with one attached hydrogen (secondary N) is 1. The molecule has 4 nitrogen and oxygen atoms in total. The molecule has 0 saturated heterocycles. The molecule has 1 aliphatic carbocycles. The smallest absolute Gasteiger partial charge is 0.251 e. The average Bonchev–Trinajstić information content (AvgIpc) is 3.08. The molecule has 4 heteroatoms. The van der Waals surface area contributed by atoms with Crippen LogP contribution >= 0.6 is 0 Å². The fraction of sp³-hybridized carbons (Fsp3) is 0.346. The highest BCUT2D eigenvalue weighted by atomic mass is 16.5. The van der Waals surface area contributed by atoms with Crippen LogP contribution in [0.2, 0.25) is 0 Å². The van der Waals surface area contributed by atoms with Gasteiger partial charge < -0.3 is 14.6 Å². The number of ether oxygens (including phenoxy) is 1. The van der Waals surface area contributed by atoms with Gasteiger partial charge in [-0.25, -0.2) is 0 Å². The molecule has 30 heavy (non-hydrogen) atoms. The van der Waals surface area contributed by atoms with Crippen LogP contribution in [0.1, 0.15) is 53.1 Å². The third-order valence-electron chi connectivity index (χ3n) is 5.89. The molecule has 2 aromatic carbocycles. The van der Waals surface area contributed by atoms with Crippen molar-refractivity contribution in [2.24, 2.45) is 5.92 Å². The van der Waals surface area contributed by atoms with E-state index < -0.39 is 0 Å². The van der Waals surface area contributed by atoms with Crippen LogP contribution in [0, 0.1) is 12.8 Å². The second-order valence-electron chi connectivity index (χ2n) is 8.25. The SMILES string of the molecule is CCOc1ccc(CNC(=O)c2ccc(-n3c(C)cc4c3CCC(C)C4)cc2)cc1. The lowest BCUT2D eigenvalue weighted by Gasteiger charge is -2.21. The van der Waals surface area contributed by atoms with Gasteiger partial charge in [0, 0.05) is 29.2 Å². The third kappa shape index (κ3) is 4.28. The molecule has 0 bridgehead atoms. The van der Waals surface area contributed by atoms with Crippen LogP contribution < -0.4 is 10.1 Å². The highest BCUT2D eigenvalue weighted by molar-refractivity contribution is 5.94. The molecule has 0 radical (unpaired) electrons. The lowest BCUT2D eigenvalue weighted by Crippen LogP contribution is -2.22. The van der Waals surface area contributed by atoms with Crippen molar-refractivity contribution >= 4 is 5.91 Å². The number of fused-ring (bicyclic) bond motifs is 1. The number of rotatable bonds is 6. The van der Waals surface area contributed by atoms with Gasteiger partial charge in [-0.2, -0.15) is 0 Å². The summed E-state index contributed by atoms with van der Waals surface area (Å²) in [5.41, 5.74) is 7.03. The maximum atomic E-state index is 12.6. The largest absolute Gasteiger partial charge is 0.494 e. The molecule has 1 heterocycles. The number of aryl methyl sites for hydroxylation is 1. The Hall–Kier alpha value is -3.01. The van der Waals surface area contributed by atoms with Gasteiger partial charge in [0.25, 0.3) is 5.91 Å². The van der Waals surface area contributed by atoms with Crippen molar-refractivity contribution in [2.75, 3.05) is 6.61 Å². The van der Waals surface area contributed by atoms with Crippen molar-refractivity contribution in [3.63, 3.8) is 0 Å². The standard InChI is InChI=1S/C26H30N2O2/c1-4-30-24-12-6-20(7-13-24)17-27-26(29)21-8-10-23(11-9-21)28-19(3)16-22-15-18(2)5-14-25(22)28/h6-13,16,18H,4-5,14-15,17H2,1-3H3,(H,27,29). The zero-order valence-electron chi connectivity index (χ0n) is 18.1. The summed E-state index contributed by atoms with van der Waals surface area (Å²) in [5.74, 6) is 1.55. The van der Waals surface area contributed by atoms with Crippen LogP contribution in [0.15, 0.2) is 54.6 Å². The lowest BCUT2D eigenvalue weighted by atomic mass is 9.89. The summed E-state index contributed by atoms with van der Waals surface area (Å²) in [5, 5.41) is 3.00. The number of hydrogen-bond donors (Lipinski definition) is 1. The third-order valence-corrected chi connectivity index (χ3v) is 5.89. The normalized spacial score (nSPS) is 15.5. The van der Waals surface area contributed by atoms with E-state index in [0.29, 0.717) is 18.7 Å². The van der Waals surface area contributed by atoms with Gasteiger partial charge >= 0.3 is 0 Å². The molecule has 3 aromatic rings. The number of aromatic nitrogens is 1. The quantitative estimate of drug-likeness (QED) is 0.613. The van der Waals surface area contributed by atoms with Crippen LogP contribution in [0.3, 0.4) is 0 Å². The minimum absolute atomic E-state index is 0.0597. The molecule has 0 aliphatic heterocycles. The molecule has 0 fully saturated rings. The number of carbonyl (C=O) groups excluding carboxylic acids is 1. The second kappa shape index (κ2) is 8.78. The van der Waals surface area contributed by atoms with Gasteiger partial charge in [0.1, 0.15) is 5.75 Å². The van der Waals surface area contributed by atoms with Crippen LogP contribution in [0.25, 0.3) is 5.69 Å². The van der Waals surface area contributed by atoms with Crippen molar-refractivity contribution in [1.82, 2.24) is 9.88 Å². The zero-order valence-corrected chi connectivity index (χ0v) is 18.1. The molecule has 1 N–H and O–H groups in total. The average molecular weight is 403 g/mol. The second-order valence-corrected chi connectivity index (χ2v) is 8.25. The van der Waals surface area contributed by atoms with E-state index in [9.17, 15) is 4.79 Å². The van der Waals surface area contributed by atoms with E-state index in [4.69, 9.17) is 4.74 Å². The van der Waals surface area contributed by atoms with Crippen molar-refractivity contribution in [2.45, 2.75) is 46.6 Å². The molecular weight excluding hydrogens is 372 g/mol. The van der Waals surface area contributed by atoms with Crippen LogP contribution in [0.4, 0.5) is 0 Å². The first-order valence-corrected chi connectivity index (χ1v) is 10.9. The Morgan fingerprint density at radius 3 is 2.57 bits per heavy atom. The van der Waals surface area contributed by atoms with Crippen LogP contribution in [-0.4, -0.2) is 17.1 Å². The fourth-order valence-corrected chi connectivity index (χ4v) is 4.34. The maximum Gasteiger partial charge on any atom is 0.251 e. The van der Waals surface area contributed by atoms with E-state index in [-0.39, 0.29) is 5.91 Å². The van der Waals surface area contributed by atoms with Gasteiger partial charge in [0.05, 0.1) is 6.61 Å². The summed E-state index contributed by atoms with van der Waals surface area (Å²) in [4.78, 5) is 12.6. The Morgan fingerprint density at radius 1 is 1.13 bits per heavy atom. The summed E-state index contributed by atoms with van der Waals surface area (Å²) in [6.45, 7) is 7.61. The molecule has 0 saturated carbocycles. The molecule has 1 amide bonds. The van der Waals surface area contributed by atoms with E-state index in [1.165, 1.54) is 23.4 Å². The summed E-state index contributed by atoms with van der Waals surface area (Å²) in [6.07, 6.45) is 3.52. The Bertz CT molecular complexity index is 1020. The van der Waals surface area contributed by atoms with Crippen LogP contribution in [-0.2, 0) is 19.4 Å². The highest BCUT2D eigenvalue weighted by Gasteiger charge is 2.21. The van der Waals surface area contributed by atoms with Gasteiger partial charge in [-0.3, -0.25) is 4.79 Å². The predicted molar refractivity (Wildman–Crippen MR) is 120 cm³/mol. The minimum Gasteiger partial charge on any atom is -0.494 e. The number of benzene rings is 2. The van der Waals surface area contributed by atoms with E-state index in [2.05, 4.69) is 41.9 Å². The fourth-order valence-electron chi connectivity index (χ4n) is 4.34. The van der Waals surface area contributed by atoms with Crippen molar-refractivity contribution in [3.8, 4) is 11.4 Å². The van der Waals surface area contributed by atoms with E-state index in [1.54, 1.807) is 0 Å². The first-order chi connectivity index (χ1) is 14.5. The molecule has 4 rings (SSSR count). The van der Waals surface area contributed by atoms with Gasteiger partial charge in [-0.05, 0) is 92.6 Å². The summed E-state index contributed by atoms with van der Waals surface area (Å²) in [6, 6.07) is 18.1. The van der Waals surface area contributed by atoms with Crippen LogP contribution in [0.5, 0.6) is 5.75 Å². The van der Waals surface area contributed by atoms with Gasteiger partial charge in [0.15, 0.2) is 0 Å². The Morgan fingerprint density at radius 2 is 1.87 bits per heavy atom. The molecule has 156 valence electrons. The van der Waals surface area contributed by atoms with Gasteiger partial charge in [-0.1, -0.05) is 19.1 Å². The van der Waals surface area contributed by atoms with Crippen molar-refractivity contribution < 1.29 is 9.53 Å². The molecule has 1 aliphatic rings. The Kier molecular flexibility index (Phi) is 5.93. The molecule has 1 atom stereocenters. The maximum absolute atomic E-state index is 12.6. The molecular formula is C26H30N2O2. The van der Waals surface area contributed by atoms with E-state index in [0.717, 1.165) is 35.8 Å². The highest BCUT2D eigenvalue weighted by Crippen LogP contribution is 2.30. The number of hydrogen-bond acceptors (Lipinski definition) is 2. The molecule has 0 spiro atoms. The van der Waals surface area contributed by atoms with E-state index >= 15 is 0 Å². The molecule has 1 aromatic heterocycles.